The second kappa shape index (κ2) is 14.3. The molecule has 6 heteroatoms. The molecule has 0 saturated carbocycles. The number of nitrogens with zero attached hydrogens (tertiary/aromatic N) is 2. The highest BCUT2D eigenvalue weighted by Gasteiger charge is 2.10. The van der Waals surface area contributed by atoms with Gasteiger partial charge in [0.2, 0.25) is 5.91 Å². The zero-order chi connectivity index (χ0) is 24.1. The van der Waals surface area contributed by atoms with Crippen LogP contribution in [0.25, 0.3) is 10.9 Å². The van der Waals surface area contributed by atoms with Crippen molar-refractivity contribution in [1.82, 2.24) is 15.2 Å². The number of carbonyl (C=O) groups excluding carboxylic acids is 1. The molecule has 0 fully saturated rings. The van der Waals surface area contributed by atoms with E-state index < -0.39 is 0 Å². The highest BCUT2D eigenvalue weighted by Crippen LogP contribution is 2.22. The number of hydrogen-bond donors (Lipinski definition) is 2. The zero-order valence-corrected chi connectivity index (χ0v) is 20.9. The number of fused-ring (bicyclic) bond motifs is 1. The summed E-state index contributed by atoms with van der Waals surface area (Å²) < 4.78 is 5.59. The molecular formula is C27H40N4O2. The van der Waals surface area contributed by atoms with Gasteiger partial charge in [-0.2, -0.15) is 0 Å². The molecule has 33 heavy (non-hydrogen) atoms. The van der Waals surface area contributed by atoms with Crippen molar-refractivity contribution in [3.05, 3.63) is 59.5 Å². The van der Waals surface area contributed by atoms with E-state index in [9.17, 15) is 4.79 Å². The third-order valence-corrected chi connectivity index (χ3v) is 5.51. The lowest BCUT2D eigenvalue weighted by atomic mass is 10.0. The average molecular weight is 453 g/mol. The Bertz CT molecular complexity index is 977. The Labute approximate surface area is 198 Å². The van der Waals surface area contributed by atoms with Crippen LogP contribution in [0.4, 0.5) is 5.82 Å². The summed E-state index contributed by atoms with van der Waals surface area (Å²) in [6, 6.07) is 14.2. The summed E-state index contributed by atoms with van der Waals surface area (Å²) in [5, 5.41) is 7.58. The van der Waals surface area contributed by atoms with Crippen LogP contribution in [0.2, 0.25) is 0 Å². The maximum Gasteiger partial charge on any atom is 0.222 e. The van der Waals surface area contributed by atoms with Gasteiger partial charge in [0.1, 0.15) is 17.3 Å². The Morgan fingerprint density at radius 2 is 1.76 bits per heavy atom. The van der Waals surface area contributed by atoms with Gasteiger partial charge in [0.15, 0.2) is 0 Å². The average Bonchev–Trinajstić information content (AvgIpc) is 3.24. The molecule has 0 aliphatic rings. The maximum absolute atomic E-state index is 12.2. The van der Waals surface area contributed by atoms with Crippen molar-refractivity contribution < 1.29 is 9.21 Å². The summed E-state index contributed by atoms with van der Waals surface area (Å²) in [5.41, 5.74) is 2.21. The van der Waals surface area contributed by atoms with E-state index in [1.165, 1.54) is 5.56 Å². The van der Waals surface area contributed by atoms with Gasteiger partial charge in [-0.15, -0.1) is 0 Å². The molecule has 3 aromatic rings. The molecule has 0 atom stereocenters. The molecule has 0 aliphatic heterocycles. The van der Waals surface area contributed by atoms with Crippen molar-refractivity contribution in [2.75, 3.05) is 31.5 Å². The van der Waals surface area contributed by atoms with Gasteiger partial charge in [-0.3, -0.25) is 4.79 Å². The first-order valence-electron chi connectivity index (χ1n) is 12.2. The molecule has 2 N–H and O–H groups in total. The first-order chi connectivity index (χ1) is 16.0. The van der Waals surface area contributed by atoms with E-state index in [1.54, 1.807) is 0 Å². The fourth-order valence-electron chi connectivity index (χ4n) is 3.71. The van der Waals surface area contributed by atoms with Gasteiger partial charge in [-0.1, -0.05) is 26.0 Å². The van der Waals surface area contributed by atoms with Gasteiger partial charge in [0, 0.05) is 24.9 Å². The molecule has 6 nitrogen and oxygen atoms in total. The van der Waals surface area contributed by atoms with Crippen LogP contribution in [0.1, 0.15) is 57.6 Å². The standard InChI is InChI=1S/C23H29N3O2.C4H11N/c1-4-26(5-2)23(27)11-7-9-18-8-6-10-21-20(18)14-15-22(25-21)24-16-19-13-12-17(3)28-19;1-3-5-4-2/h6,8,10,12-15H,4-5,7,9,11,16H2,1-3H3,(H,24,25);5H,3-4H2,1-2H3. The number of pyridine rings is 1. The molecule has 180 valence electrons. The van der Waals surface area contributed by atoms with Gasteiger partial charge in [-0.05, 0) is 82.6 Å². The smallest absolute Gasteiger partial charge is 0.222 e. The lowest BCUT2D eigenvalue weighted by molar-refractivity contribution is -0.130. The summed E-state index contributed by atoms with van der Waals surface area (Å²) in [4.78, 5) is 18.8. The normalized spacial score (nSPS) is 10.6. The quantitative estimate of drug-likeness (QED) is 0.399. The molecule has 0 spiro atoms. The Hall–Kier alpha value is -2.86. The summed E-state index contributed by atoms with van der Waals surface area (Å²) in [6.07, 6.45) is 2.32. The summed E-state index contributed by atoms with van der Waals surface area (Å²) in [6.45, 7) is 14.5. The fraction of sp³-hybridized carbons (Fsp3) is 0.481. The highest BCUT2D eigenvalue weighted by atomic mass is 16.3. The molecule has 1 aromatic carbocycles. The summed E-state index contributed by atoms with van der Waals surface area (Å²) in [7, 11) is 0. The first-order valence-corrected chi connectivity index (χ1v) is 12.2. The van der Waals surface area contributed by atoms with Crippen LogP contribution in [-0.2, 0) is 17.8 Å². The number of aryl methyl sites for hydroxylation is 2. The van der Waals surface area contributed by atoms with Crippen LogP contribution in [0, 0.1) is 6.92 Å². The predicted molar refractivity (Wildman–Crippen MR) is 138 cm³/mol. The lowest BCUT2D eigenvalue weighted by Crippen LogP contribution is -2.30. The van der Waals surface area contributed by atoms with E-state index in [0.717, 1.165) is 67.3 Å². The minimum atomic E-state index is 0.239. The lowest BCUT2D eigenvalue weighted by Gasteiger charge is -2.18. The third kappa shape index (κ3) is 8.54. The number of furan rings is 1. The molecule has 0 aliphatic carbocycles. The molecule has 0 bridgehead atoms. The molecule has 0 saturated heterocycles. The van der Waals surface area contributed by atoms with Gasteiger partial charge in [-0.25, -0.2) is 4.98 Å². The SMILES string of the molecule is CCN(CC)C(=O)CCCc1cccc2nc(NCc3ccc(C)o3)ccc12.CCNCC. The predicted octanol–water partition coefficient (Wildman–Crippen LogP) is 5.56. The number of aromatic nitrogens is 1. The van der Waals surface area contributed by atoms with Crippen molar-refractivity contribution in [1.29, 1.82) is 0 Å². The molecule has 0 radical (unpaired) electrons. The topological polar surface area (TPSA) is 70.4 Å². The van der Waals surface area contributed by atoms with Crippen LogP contribution in [0.3, 0.4) is 0 Å². The van der Waals surface area contributed by atoms with E-state index in [-0.39, 0.29) is 5.91 Å². The number of hydrogen-bond acceptors (Lipinski definition) is 5. The summed E-state index contributed by atoms with van der Waals surface area (Å²) in [5.74, 6) is 2.87. The van der Waals surface area contributed by atoms with Crippen molar-refractivity contribution in [2.24, 2.45) is 0 Å². The fourth-order valence-corrected chi connectivity index (χ4v) is 3.71. The van der Waals surface area contributed by atoms with Crippen LogP contribution >= 0.6 is 0 Å². The number of rotatable bonds is 11. The number of amides is 1. The highest BCUT2D eigenvalue weighted by molar-refractivity contribution is 5.84. The van der Waals surface area contributed by atoms with Crippen LogP contribution in [0.5, 0.6) is 0 Å². The maximum atomic E-state index is 12.2. The molecule has 1 amide bonds. The van der Waals surface area contributed by atoms with Crippen molar-refractivity contribution >= 4 is 22.6 Å². The Kier molecular flexibility index (Phi) is 11.5. The monoisotopic (exact) mass is 452 g/mol. The van der Waals surface area contributed by atoms with Gasteiger partial charge in [0.05, 0.1) is 12.1 Å². The van der Waals surface area contributed by atoms with Gasteiger partial charge >= 0.3 is 0 Å². The Balaban J connectivity index is 0.000000696. The second-order valence-corrected chi connectivity index (χ2v) is 7.92. The van der Waals surface area contributed by atoms with E-state index in [1.807, 2.05) is 56.0 Å². The van der Waals surface area contributed by atoms with Crippen molar-refractivity contribution in [3.8, 4) is 0 Å². The second-order valence-electron chi connectivity index (χ2n) is 7.92. The van der Waals surface area contributed by atoms with E-state index in [0.29, 0.717) is 13.0 Å². The van der Waals surface area contributed by atoms with Gasteiger partial charge < -0.3 is 20.0 Å². The van der Waals surface area contributed by atoms with E-state index in [4.69, 9.17) is 9.40 Å². The van der Waals surface area contributed by atoms with Crippen LogP contribution in [0.15, 0.2) is 46.9 Å². The minimum absolute atomic E-state index is 0.239. The number of nitrogens with one attached hydrogen (secondary N) is 2. The van der Waals surface area contributed by atoms with Crippen LogP contribution < -0.4 is 10.6 Å². The Morgan fingerprint density at radius 1 is 1.00 bits per heavy atom. The molecule has 2 heterocycles. The molecule has 0 unspecified atom stereocenters. The van der Waals surface area contributed by atoms with Crippen molar-refractivity contribution in [2.45, 2.75) is 60.4 Å². The zero-order valence-electron chi connectivity index (χ0n) is 20.9. The van der Waals surface area contributed by atoms with Gasteiger partial charge in [0.25, 0.3) is 0 Å². The van der Waals surface area contributed by atoms with Crippen LogP contribution in [-0.4, -0.2) is 42.0 Å². The number of benzene rings is 1. The minimum Gasteiger partial charge on any atom is -0.465 e. The number of carbonyl (C=O) groups is 1. The summed E-state index contributed by atoms with van der Waals surface area (Å²) >= 11 is 0. The van der Waals surface area contributed by atoms with Crippen molar-refractivity contribution in [3.63, 3.8) is 0 Å². The first kappa shape index (κ1) is 26.4. The molecule has 3 rings (SSSR count). The van der Waals surface area contributed by atoms with E-state index in [2.05, 4.69) is 36.6 Å². The Morgan fingerprint density at radius 3 is 2.36 bits per heavy atom. The molecule has 2 aromatic heterocycles. The molecular weight excluding hydrogens is 412 g/mol. The largest absolute Gasteiger partial charge is 0.465 e. The number of anilines is 1. The third-order valence-electron chi connectivity index (χ3n) is 5.51. The van der Waals surface area contributed by atoms with E-state index >= 15 is 0 Å².